The van der Waals surface area contributed by atoms with Crippen molar-refractivity contribution in [3.63, 3.8) is 0 Å². The van der Waals surface area contributed by atoms with Crippen LogP contribution in [0.5, 0.6) is 0 Å². The van der Waals surface area contributed by atoms with Crippen molar-refractivity contribution in [2.45, 2.75) is 52.9 Å². The Balaban J connectivity index is 1.86. The van der Waals surface area contributed by atoms with E-state index in [0.717, 1.165) is 18.8 Å². The van der Waals surface area contributed by atoms with Gasteiger partial charge in [-0.15, -0.1) is 6.58 Å². The number of hydrogen-bond donors (Lipinski definition) is 0. The van der Waals surface area contributed by atoms with Crippen molar-refractivity contribution in [3.8, 4) is 0 Å². The summed E-state index contributed by atoms with van der Waals surface area (Å²) in [5, 5.41) is 0. The van der Waals surface area contributed by atoms with E-state index in [9.17, 15) is 0 Å². The molecule has 1 atom stereocenters. The number of rotatable bonds is 1. The summed E-state index contributed by atoms with van der Waals surface area (Å²) in [6, 6.07) is 0. The van der Waals surface area contributed by atoms with Gasteiger partial charge in [0.05, 0.1) is 0 Å². The molecule has 0 bridgehead atoms. The maximum absolute atomic E-state index is 6.20. The number of ether oxygens (including phenoxy) is 1. The first-order chi connectivity index (χ1) is 11.5. The van der Waals surface area contributed by atoms with Crippen molar-refractivity contribution in [1.82, 2.24) is 0 Å². The lowest BCUT2D eigenvalue weighted by Crippen LogP contribution is -2.22. The van der Waals surface area contributed by atoms with E-state index < -0.39 is 0 Å². The Hall–Kier alpha value is -1.76. The van der Waals surface area contributed by atoms with Gasteiger partial charge in [-0.05, 0) is 67.2 Å². The van der Waals surface area contributed by atoms with E-state index in [0.29, 0.717) is 11.3 Å². The van der Waals surface area contributed by atoms with E-state index in [1.807, 2.05) is 0 Å². The molecule has 0 radical (unpaired) electrons. The molecule has 0 spiro atoms. The fourth-order valence-corrected chi connectivity index (χ4v) is 4.92. The van der Waals surface area contributed by atoms with Gasteiger partial charge in [0.15, 0.2) is 0 Å². The lowest BCUT2D eigenvalue weighted by molar-refractivity contribution is 0.237. The molecule has 0 aromatic rings. The molecule has 1 aliphatic heterocycles. The Morgan fingerprint density at radius 3 is 2.83 bits per heavy atom. The van der Waals surface area contributed by atoms with Crippen molar-refractivity contribution in [2.75, 3.05) is 6.61 Å². The Morgan fingerprint density at radius 1 is 1.21 bits per heavy atom. The molecule has 0 N–H and O–H groups in total. The molecule has 0 saturated carbocycles. The van der Waals surface area contributed by atoms with Crippen LogP contribution in [0.15, 0.2) is 70.1 Å². The predicted octanol–water partition coefficient (Wildman–Crippen LogP) is 6.19. The zero-order valence-corrected chi connectivity index (χ0v) is 15.2. The van der Waals surface area contributed by atoms with Gasteiger partial charge in [-0.3, -0.25) is 0 Å². The second kappa shape index (κ2) is 5.65. The van der Waals surface area contributed by atoms with Crippen LogP contribution in [0, 0.1) is 11.3 Å². The SMILES string of the molecule is C=CC1CC=CC2=C1C1=C(CO2)C2=C(CC1)CCC(C)(C)C=C2C. The maximum Gasteiger partial charge on any atom is 0.123 e. The van der Waals surface area contributed by atoms with Crippen LogP contribution in [0.4, 0.5) is 0 Å². The van der Waals surface area contributed by atoms with Gasteiger partial charge in [0.25, 0.3) is 0 Å². The van der Waals surface area contributed by atoms with Crippen molar-refractivity contribution in [3.05, 3.63) is 70.1 Å². The topological polar surface area (TPSA) is 9.23 Å². The standard InChI is InChI=1S/C23H28O/c1-5-16-7-6-8-20-22(16)18-10-9-17-11-12-23(3,4)13-15(2)21(17)19(18)14-24-20/h5-6,8,13,16H,1,7,9-12,14H2,2-4H3. The summed E-state index contributed by atoms with van der Waals surface area (Å²) in [6.07, 6.45) is 14.9. The van der Waals surface area contributed by atoms with Gasteiger partial charge in [-0.25, -0.2) is 0 Å². The second-order valence-electron chi connectivity index (χ2n) is 8.30. The van der Waals surface area contributed by atoms with Crippen LogP contribution in [0.25, 0.3) is 0 Å². The quantitative estimate of drug-likeness (QED) is 0.524. The van der Waals surface area contributed by atoms with Crippen LogP contribution in [0.3, 0.4) is 0 Å². The van der Waals surface area contributed by atoms with Gasteiger partial charge >= 0.3 is 0 Å². The van der Waals surface area contributed by atoms with Gasteiger partial charge < -0.3 is 4.74 Å². The maximum atomic E-state index is 6.20. The summed E-state index contributed by atoms with van der Waals surface area (Å²) in [4.78, 5) is 0. The molecule has 4 aliphatic rings. The molecule has 1 nitrogen and oxygen atoms in total. The summed E-state index contributed by atoms with van der Waals surface area (Å²) < 4.78 is 6.20. The van der Waals surface area contributed by atoms with Crippen molar-refractivity contribution in [1.29, 1.82) is 0 Å². The first kappa shape index (κ1) is 15.7. The molecule has 3 aliphatic carbocycles. The highest BCUT2D eigenvalue weighted by atomic mass is 16.5. The van der Waals surface area contributed by atoms with Crippen molar-refractivity contribution < 1.29 is 4.74 Å². The zero-order chi connectivity index (χ0) is 16.9. The minimum atomic E-state index is 0.291. The molecule has 0 aromatic carbocycles. The molecule has 1 heterocycles. The fraction of sp³-hybridized carbons (Fsp3) is 0.478. The largest absolute Gasteiger partial charge is 0.489 e. The zero-order valence-electron chi connectivity index (χ0n) is 15.2. The van der Waals surface area contributed by atoms with E-state index in [1.165, 1.54) is 48.0 Å². The molecule has 1 heteroatoms. The number of allylic oxidation sites excluding steroid dienone is 8. The predicted molar refractivity (Wildman–Crippen MR) is 100 cm³/mol. The lowest BCUT2D eigenvalue weighted by Gasteiger charge is -2.35. The highest BCUT2D eigenvalue weighted by Crippen LogP contribution is 2.48. The third-order valence-electron chi connectivity index (χ3n) is 6.05. The monoisotopic (exact) mass is 320 g/mol. The Kier molecular flexibility index (Phi) is 3.71. The van der Waals surface area contributed by atoms with Crippen LogP contribution >= 0.6 is 0 Å². The minimum Gasteiger partial charge on any atom is -0.489 e. The summed E-state index contributed by atoms with van der Waals surface area (Å²) in [7, 11) is 0. The molecule has 0 fully saturated rings. The summed E-state index contributed by atoms with van der Waals surface area (Å²) in [5.74, 6) is 1.49. The van der Waals surface area contributed by atoms with E-state index in [1.54, 1.807) is 11.1 Å². The van der Waals surface area contributed by atoms with Gasteiger partial charge in [-0.2, -0.15) is 0 Å². The molecule has 126 valence electrons. The van der Waals surface area contributed by atoms with Gasteiger partial charge in [-0.1, -0.05) is 37.6 Å². The van der Waals surface area contributed by atoms with E-state index in [2.05, 4.69) is 51.7 Å². The van der Waals surface area contributed by atoms with E-state index in [4.69, 9.17) is 4.74 Å². The van der Waals surface area contributed by atoms with E-state index >= 15 is 0 Å². The third kappa shape index (κ3) is 2.46. The van der Waals surface area contributed by atoms with Crippen molar-refractivity contribution >= 4 is 0 Å². The Labute approximate surface area is 146 Å². The van der Waals surface area contributed by atoms with Gasteiger partial charge in [0.2, 0.25) is 0 Å². The number of hydrogen-bond acceptors (Lipinski definition) is 1. The smallest absolute Gasteiger partial charge is 0.123 e. The average Bonchev–Trinajstić information content (AvgIpc) is 2.69. The molecule has 0 aromatic heterocycles. The first-order valence-electron chi connectivity index (χ1n) is 9.31. The molecule has 1 unspecified atom stereocenters. The summed E-state index contributed by atoms with van der Waals surface area (Å²) >= 11 is 0. The average molecular weight is 320 g/mol. The molecular weight excluding hydrogens is 292 g/mol. The van der Waals surface area contributed by atoms with Crippen LogP contribution in [-0.2, 0) is 4.74 Å². The second-order valence-corrected chi connectivity index (χ2v) is 8.30. The first-order valence-corrected chi connectivity index (χ1v) is 9.31. The van der Waals surface area contributed by atoms with E-state index in [-0.39, 0.29) is 0 Å². The van der Waals surface area contributed by atoms with Gasteiger partial charge in [0, 0.05) is 17.1 Å². The molecular formula is C23H28O. The Morgan fingerprint density at radius 2 is 2.04 bits per heavy atom. The highest BCUT2D eigenvalue weighted by Gasteiger charge is 2.34. The fourth-order valence-electron chi connectivity index (χ4n) is 4.92. The number of fused-ring (bicyclic) bond motifs is 2. The molecule has 0 amide bonds. The van der Waals surface area contributed by atoms with Crippen LogP contribution in [-0.4, -0.2) is 6.61 Å². The Bertz CT molecular complexity index is 749. The molecule has 24 heavy (non-hydrogen) atoms. The molecule has 4 rings (SSSR count). The van der Waals surface area contributed by atoms with Crippen LogP contribution < -0.4 is 0 Å². The normalized spacial score (nSPS) is 28.5. The minimum absolute atomic E-state index is 0.291. The summed E-state index contributed by atoms with van der Waals surface area (Å²) in [6.45, 7) is 11.8. The third-order valence-corrected chi connectivity index (χ3v) is 6.05. The van der Waals surface area contributed by atoms with Crippen molar-refractivity contribution in [2.24, 2.45) is 11.3 Å². The van der Waals surface area contributed by atoms with Crippen LogP contribution in [0.1, 0.15) is 52.9 Å². The summed E-state index contributed by atoms with van der Waals surface area (Å²) in [5.41, 5.74) is 9.35. The van der Waals surface area contributed by atoms with Gasteiger partial charge in [0.1, 0.15) is 12.4 Å². The molecule has 0 saturated heterocycles. The van der Waals surface area contributed by atoms with Crippen LogP contribution in [0.2, 0.25) is 0 Å². The highest BCUT2D eigenvalue weighted by molar-refractivity contribution is 5.62. The lowest BCUT2D eigenvalue weighted by atomic mass is 9.74.